The van der Waals surface area contributed by atoms with E-state index in [9.17, 15) is 12.3 Å². The molecular formula is C11H13FO2S. The monoisotopic (exact) mass is 228 g/mol. The molecule has 0 radical (unpaired) electrons. The molecule has 2 nitrogen and oxygen atoms in total. The van der Waals surface area contributed by atoms with Gasteiger partial charge in [0.15, 0.2) is 0 Å². The number of halogens is 1. The summed E-state index contributed by atoms with van der Waals surface area (Å²) in [4.78, 5) is 0. The van der Waals surface area contributed by atoms with Crippen LogP contribution in [0.4, 0.5) is 3.89 Å². The summed E-state index contributed by atoms with van der Waals surface area (Å²) in [6.45, 7) is 1.79. The molecule has 82 valence electrons. The maximum Gasteiger partial charge on any atom is 0.302 e. The van der Waals surface area contributed by atoms with Crippen LogP contribution < -0.4 is 0 Å². The van der Waals surface area contributed by atoms with E-state index in [2.05, 4.69) is 0 Å². The van der Waals surface area contributed by atoms with E-state index in [4.69, 9.17) is 0 Å². The number of rotatable bonds is 4. The Morgan fingerprint density at radius 3 is 2.47 bits per heavy atom. The second-order valence-electron chi connectivity index (χ2n) is 3.39. The molecule has 0 spiro atoms. The Labute approximate surface area is 89.7 Å². The molecule has 0 amide bonds. The highest BCUT2D eigenvalue weighted by atomic mass is 32.3. The summed E-state index contributed by atoms with van der Waals surface area (Å²) in [7, 11) is -4.35. The third-order valence-corrected chi connectivity index (χ3v) is 2.64. The number of allylic oxidation sites excluding steroid dienone is 1. The maximum absolute atomic E-state index is 12.2. The molecule has 0 aliphatic rings. The second-order valence-corrected chi connectivity index (χ2v) is 4.88. The van der Waals surface area contributed by atoms with Gasteiger partial charge >= 0.3 is 10.2 Å². The van der Waals surface area contributed by atoms with E-state index in [1.807, 2.05) is 36.4 Å². The molecule has 0 saturated heterocycles. The first-order valence-corrected chi connectivity index (χ1v) is 6.17. The fourth-order valence-corrected chi connectivity index (χ4v) is 1.75. The Morgan fingerprint density at radius 2 is 1.93 bits per heavy atom. The average Bonchev–Trinajstić information content (AvgIpc) is 2.15. The molecule has 1 aromatic rings. The van der Waals surface area contributed by atoms with Crippen molar-refractivity contribution >= 4 is 16.3 Å². The minimum atomic E-state index is -4.35. The summed E-state index contributed by atoms with van der Waals surface area (Å²) in [6, 6.07) is 9.51. The predicted molar refractivity (Wildman–Crippen MR) is 59.6 cm³/mol. The second kappa shape index (κ2) is 5.07. The quantitative estimate of drug-likeness (QED) is 0.742. The van der Waals surface area contributed by atoms with E-state index in [1.54, 1.807) is 6.92 Å². The van der Waals surface area contributed by atoms with Gasteiger partial charge in [-0.25, -0.2) is 0 Å². The lowest BCUT2D eigenvalue weighted by molar-refractivity contribution is 0.551. The third-order valence-electron chi connectivity index (χ3n) is 1.95. The van der Waals surface area contributed by atoms with Crippen LogP contribution in [0, 0.1) is 0 Å². The molecule has 0 unspecified atom stereocenters. The number of benzene rings is 1. The first-order valence-electron chi connectivity index (χ1n) is 4.62. The zero-order chi connectivity index (χ0) is 11.3. The molecule has 0 aromatic heterocycles. The Balaban J connectivity index is 2.62. The first-order chi connectivity index (χ1) is 6.97. The van der Waals surface area contributed by atoms with Gasteiger partial charge in [-0.1, -0.05) is 42.0 Å². The largest absolute Gasteiger partial charge is 0.302 e. The Bertz CT molecular complexity index is 435. The summed E-state index contributed by atoms with van der Waals surface area (Å²) in [5.74, 6) is -0.442. The first kappa shape index (κ1) is 11.9. The molecule has 0 bridgehead atoms. The van der Waals surface area contributed by atoms with E-state index in [1.165, 1.54) is 0 Å². The average molecular weight is 228 g/mol. The zero-order valence-corrected chi connectivity index (χ0v) is 9.30. The topological polar surface area (TPSA) is 34.1 Å². The summed E-state index contributed by atoms with van der Waals surface area (Å²) in [5, 5.41) is 0. The van der Waals surface area contributed by atoms with Gasteiger partial charge in [0, 0.05) is 0 Å². The van der Waals surface area contributed by atoms with Crippen molar-refractivity contribution in [1.82, 2.24) is 0 Å². The molecular weight excluding hydrogens is 215 g/mol. The van der Waals surface area contributed by atoms with Crippen molar-refractivity contribution < 1.29 is 12.3 Å². The standard InChI is InChI=1S/C11H13FO2S/c1-10(7-8-15(12,13)14)9-11-5-3-2-4-6-11/h2-6,9H,7-8H2,1H3/b10-9+. The lowest BCUT2D eigenvalue weighted by Gasteiger charge is -1.98. The summed E-state index contributed by atoms with van der Waals surface area (Å²) in [6.07, 6.45) is 2.08. The molecule has 0 atom stereocenters. The predicted octanol–water partition coefficient (Wildman–Crippen LogP) is 2.78. The van der Waals surface area contributed by atoms with Gasteiger partial charge in [-0.3, -0.25) is 0 Å². The van der Waals surface area contributed by atoms with Crippen molar-refractivity contribution in [2.24, 2.45) is 0 Å². The van der Waals surface area contributed by atoms with Gasteiger partial charge in [0.2, 0.25) is 0 Å². The molecule has 0 saturated carbocycles. The summed E-state index contributed by atoms with van der Waals surface area (Å²) >= 11 is 0. The van der Waals surface area contributed by atoms with Crippen molar-refractivity contribution in [3.63, 3.8) is 0 Å². The van der Waals surface area contributed by atoms with Crippen molar-refractivity contribution in [2.75, 3.05) is 5.75 Å². The molecule has 0 N–H and O–H groups in total. The lowest BCUT2D eigenvalue weighted by Crippen LogP contribution is -1.98. The van der Waals surface area contributed by atoms with Gasteiger partial charge in [0.1, 0.15) is 0 Å². The fraction of sp³-hybridized carbons (Fsp3) is 0.273. The van der Waals surface area contributed by atoms with Crippen LogP contribution in [0.2, 0.25) is 0 Å². The van der Waals surface area contributed by atoms with Crippen LogP contribution in [-0.4, -0.2) is 14.2 Å². The van der Waals surface area contributed by atoms with Gasteiger partial charge in [0.25, 0.3) is 0 Å². The molecule has 0 heterocycles. The van der Waals surface area contributed by atoms with E-state index < -0.39 is 16.0 Å². The summed E-state index contributed by atoms with van der Waals surface area (Å²) < 4.78 is 32.8. The van der Waals surface area contributed by atoms with E-state index in [0.717, 1.165) is 11.1 Å². The molecule has 0 aliphatic heterocycles. The van der Waals surface area contributed by atoms with Crippen LogP contribution >= 0.6 is 0 Å². The van der Waals surface area contributed by atoms with Gasteiger partial charge in [-0.15, -0.1) is 3.89 Å². The normalized spacial score (nSPS) is 12.8. The molecule has 4 heteroatoms. The van der Waals surface area contributed by atoms with Crippen molar-refractivity contribution in [1.29, 1.82) is 0 Å². The Kier molecular flexibility index (Phi) is 4.03. The Morgan fingerprint density at radius 1 is 1.33 bits per heavy atom. The van der Waals surface area contributed by atoms with E-state index in [0.29, 0.717) is 0 Å². The van der Waals surface area contributed by atoms with Crippen LogP contribution in [0.1, 0.15) is 18.9 Å². The van der Waals surface area contributed by atoms with Gasteiger partial charge in [0.05, 0.1) is 5.75 Å². The summed E-state index contributed by atoms with van der Waals surface area (Å²) in [5.41, 5.74) is 1.84. The van der Waals surface area contributed by atoms with Crippen LogP contribution in [0.25, 0.3) is 6.08 Å². The van der Waals surface area contributed by atoms with Crippen molar-refractivity contribution in [2.45, 2.75) is 13.3 Å². The number of hydrogen-bond donors (Lipinski definition) is 0. The number of hydrogen-bond acceptors (Lipinski definition) is 2. The van der Waals surface area contributed by atoms with Crippen LogP contribution in [-0.2, 0) is 10.2 Å². The van der Waals surface area contributed by atoms with Gasteiger partial charge < -0.3 is 0 Å². The lowest BCUT2D eigenvalue weighted by atomic mass is 10.1. The molecule has 1 rings (SSSR count). The third kappa shape index (κ3) is 5.32. The SMILES string of the molecule is C/C(=C\c1ccccc1)CCS(=O)(=O)F. The maximum atomic E-state index is 12.2. The van der Waals surface area contributed by atoms with Crippen LogP contribution in [0.15, 0.2) is 35.9 Å². The molecule has 1 aromatic carbocycles. The molecule has 0 aliphatic carbocycles. The highest BCUT2D eigenvalue weighted by Crippen LogP contribution is 2.10. The molecule has 0 fully saturated rings. The zero-order valence-electron chi connectivity index (χ0n) is 8.48. The van der Waals surface area contributed by atoms with E-state index in [-0.39, 0.29) is 6.42 Å². The fourth-order valence-electron chi connectivity index (χ4n) is 1.19. The van der Waals surface area contributed by atoms with Crippen molar-refractivity contribution in [3.8, 4) is 0 Å². The minimum absolute atomic E-state index is 0.230. The molecule has 15 heavy (non-hydrogen) atoms. The van der Waals surface area contributed by atoms with Gasteiger partial charge in [-0.2, -0.15) is 8.42 Å². The van der Waals surface area contributed by atoms with Crippen LogP contribution in [0.3, 0.4) is 0 Å². The minimum Gasteiger partial charge on any atom is -0.195 e. The Hall–Kier alpha value is -1.16. The van der Waals surface area contributed by atoms with Crippen LogP contribution in [0.5, 0.6) is 0 Å². The van der Waals surface area contributed by atoms with Gasteiger partial charge in [-0.05, 0) is 18.9 Å². The van der Waals surface area contributed by atoms with E-state index >= 15 is 0 Å². The highest BCUT2D eigenvalue weighted by molar-refractivity contribution is 7.86. The smallest absolute Gasteiger partial charge is 0.195 e. The highest BCUT2D eigenvalue weighted by Gasteiger charge is 2.06. The van der Waals surface area contributed by atoms with Crippen molar-refractivity contribution in [3.05, 3.63) is 41.5 Å².